The highest BCUT2D eigenvalue weighted by Crippen LogP contribution is 2.14. The minimum atomic E-state index is 0. The summed E-state index contributed by atoms with van der Waals surface area (Å²) in [5, 5.41) is 8.15. The number of guanidine groups is 1. The summed E-state index contributed by atoms with van der Waals surface area (Å²) in [5.41, 5.74) is 2.12. The number of nitrogens with one attached hydrogen (secondary N) is 1. The van der Waals surface area contributed by atoms with Crippen LogP contribution in [-0.4, -0.2) is 57.6 Å². The second-order valence-electron chi connectivity index (χ2n) is 6.56. The number of halogens is 2. The van der Waals surface area contributed by atoms with Crippen molar-refractivity contribution in [3.63, 3.8) is 0 Å². The van der Waals surface area contributed by atoms with E-state index in [1.807, 2.05) is 60.4 Å². The Labute approximate surface area is 187 Å². The molecular weight excluding hydrogens is 491 g/mol. The fourth-order valence-corrected chi connectivity index (χ4v) is 3.14. The molecule has 0 atom stereocenters. The zero-order valence-electron chi connectivity index (χ0n) is 16.1. The molecule has 1 amide bonds. The van der Waals surface area contributed by atoms with Gasteiger partial charge in [0, 0.05) is 50.0 Å². The first-order valence-electron chi connectivity index (χ1n) is 9.08. The largest absolute Gasteiger partial charge is 0.356 e. The number of hydrogen-bond acceptors (Lipinski definition) is 3. The third-order valence-electron chi connectivity index (χ3n) is 4.41. The van der Waals surface area contributed by atoms with Crippen LogP contribution >= 0.6 is 35.6 Å². The molecule has 1 aromatic heterocycles. The van der Waals surface area contributed by atoms with Crippen LogP contribution in [0.5, 0.6) is 0 Å². The van der Waals surface area contributed by atoms with Crippen molar-refractivity contribution in [1.82, 2.24) is 24.9 Å². The lowest BCUT2D eigenvalue weighted by atomic mass is 10.2. The first-order valence-corrected chi connectivity index (χ1v) is 9.46. The number of aromatic nitrogens is 2. The Kier molecular flexibility index (Phi) is 8.56. The Hall–Kier alpha value is -1.81. The fourth-order valence-electron chi connectivity index (χ4n) is 3.01. The van der Waals surface area contributed by atoms with Gasteiger partial charge in [0.1, 0.15) is 0 Å². The molecule has 28 heavy (non-hydrogen) atoms. The maximum absolute atomic E-state index is 12.6. The summed E-state index contributed by atoms with van der Waals surface area (Å²) in [7, 11) is 1.89. The first-order chi connectivity index (χ1) is 13.0. The van der Waals surface area contributed by atoms with Gasteiger partial charge in [0.05, 0.1) is 19.3 Å². The molecule has 0 radical (unpaired) electrons. The van der Waals surface area contributed by atoms with Gasteiger partial charge in [0.15, 0.2) is 5.96 Å². The Morgan fingerprint density at radius 3 is 2.61 bits per heavy atom. The number of aliphatic imine (C=N–C) groups is 1. The van der Waals surface area contributed by atoms with Crippen molar-refractivity contribution in [3.8, 4) is 0 Å². The maximum Gasteiger partial charge on any atom is 0.242 e. The summed E-state index contributed by atoms with van der Waals surface area (Å²) in [6.45, 7) is 5.66. The van der Waals surface area contributed by atoms with Crippen molar-refractivity contribution in [2.75, 3.05) is 26.2 Å². The molecule has 0 saturated carbocycles. The van der Waals surface area contributed by atoms with Crippen molar-refractivity contribution < 1.29 is 4.79 Å². The lowest BCUT2D eigenvalue weighted by molar-refractivity contribution is -0.135. The lowest BCUT2D eigenvalue weighted by Crippen LogP contribution is -2.54. The van der Waals surface area contributed by atoms with E-state index in [1.165, 1.54) is 0 Å². The quantitative estimate of drug-likeness (QED) is 0.377. The average Bonchev–Trinajstić information content (AvgIpc) is 3.07. The van der Waals surface area contributed by atoms with Crippen LogP contribution in [0.2, 0.25) is 5.02 Å². The zero-order chi connectivity index (χ0) is 19.2. The molecule has 2 aromatic rings. The van der Waals surface area contributed by atoms with Gasteiger partial charge in [-0.05, 0) is 24.6 Å². The Morgan fingerprint density at radius 2 is 2.00 bits per heavy atom. The molecule has 0 spiro atoms. The highest BCUT2D eigenvalue weighted by Gasteiger charge is 2.26. The smallest absolute Gasteiger partial charge is 0.242 e. The molecule has 2 heterocycles. The summed E-state index contributed by atoms with van der Waals surface area (Å²) >= 11 is 5.93. The van der Waals surface area contributed by atoms with Gasteiger partial charge in [0.25, 0.3) is 0 Å². The van der Waals surface area contributed by atoms with Gasteiger partial charge in [0.2, 0.25) is 5.91 Å². The van der Waals surface area contributed by atoms with Gasteiger partial charge in [-0.2, -0.15) is 5.10 Å². The first kappa shape index (κ1) is 22.5. The van der Waals surface area contributed by atoms with E-state index in [-0.39, 0.29) is 29.9 Å². The fraction of sp³-hybridized carbons (Fsp3) is 0.421. The van der Waals surface area contributed by atoms with Gasteiger partial charge in [-0.25, -0.2) is 4.99 Å². The van der Waals surface area contributed by atoms with Crippen LogP contribution in [0.3, 0.4) is 0 Å². The van der Waals surface area contributed by atoms with Crippen molar-refractivity contribution in [3.05, 3.63) is 52.8 Å². The van der Waals surface area contributed by atoms with Gasteiger partial charge in [-0.3, -0.25) is 9.48 Å². The molecule has 1 aliphatic rings. The van der Waals surface area contributed by atoms with E-state index < -0.39 is 0 Å². The van der Waals surface area contributed by atoms with E-state index >= 15 is 0 Å². The standard InChI is InChI=1S/C19H25ClN6O.HI/c1-3-21-19(22-10-16-11-23-24(2)12-16)26-9-8-25(18(27)14-26)13-15-4-6-17(20)7-5-15;/h4-7,11-12H,3,8-10,13-14H2,1-2H3,(H,21,22);1H. The van der Waals surface area contributed by atoms with Crippen LogP contribution in [0.25, 0.3) is 0 Å². The number of carbonyl (C=O) groups is 1. The monoisotopic (exact) mass is 516 g/mol. The van der Waals surface area contributed by atoms with Crippen LogP contribution < -0.4 is 5.32 Å². The molecule has 1 saturated heterocycles. The molecular formula is C19H26ClIN6O. The molecule has 152 valence electrons. The summed E-state index contributed by atoms with van der Waals surface area (Å²) in [4.78, 5) is 21.2. The number of amides is 1. The van der Waals surface area contributed by atoms with E-state index in [0.29, 0.717) is 31.2 Å². The van der Waals surface area contributed by atoms with E-state index in [9.17, 15) is 4.79 Å². The molecule has 0 aliphatic carbocycles. The Bertz CT molecular complexity index is 807. The van der Waals surface area contributed by atoms with Gasteiger partial charge < -0.3 is 15.1 Å². The SMILES string of the molecule is CCNC(=NCc1cnn(C)c1)N1CCN(Cc2ccc(Cl)cc2)C(=O)C1.I. The van der Waals surface area contributed by atoms with Gasteiger partial charge in [-0.1, -0.05) is 23.7 Å². The third kappa shape index (κ3) is 6.10. The predicted molar refractivity (Wildman–Crippen MR) is 122 cm³/mol. The second kappa shape index (κ2) is 10.7. The van der Waals surface area contributed by atoms with Crippen molar-refractivity contribution in [2.45, 2.75) is 20.0 Å². The number of nitrogens with zero attached hydrogens (tertiary/aromatic N) is 5. The van der Waals surface area contributed by atoms with Crippen LogP contribution in [0.15, 0.2) is 41.7 Å². The maximum atomic E-state index is 12.6. The van der Waals surface area contributed by atoms with Crippen molar-refractivity contribution in [2.24, 2.45) is 12.0 Å². The number of aryl methyl sites for hydroxylation is 1. The molecule has 1 N–H and O–H groups in total. The summed E-state index contributed by atoms with van der Waals surface area (Å²) in [5.74, 6) is 0.865. The highest BCUT2D eigenvalue weighted by molar-refractivity contribution is 14.0. The van der Waals surface area contributed by atoms with Crippen LogP contribution in [0.1, 0.15) is 18.1 Å². The minimum absolute atomic E-state index is 0. The van der Waals surface area contributed by atoms with Crippen LogP contribution in [0, 0.1) is 0 Å². The van der Waals surface area contributed by atoms with Crippen molar-refractivity contribution >= 4 is 47.4 Å². The average molecular weight is 517 g/mol. The Morgan fingerprint density at radius 1 is 1.25 bits per heavy atom. The summed E-state index contributed by atoms with van der Waals surface area (Å²) in [6.07, 6.45) is 3.75. The van der Waals surface area contributed by atoms with E-state index in [1.54, 1.807) is 4.68 Å². The van der Waals surface area contributed by atoms with E-state index in [4.69, 9.17) is 11.6 Å². The molecule has 1 aromatic carbocycles. The molecule has 0 bridgehead atoms. The normalized spacial score (nSPS) is 14.8. The zero-order valence-corrected chi connectivity index (χ0v) is 19.2. The molecule has 1 aliphatic heterocycles. The molecule has 9 heteroatoms. The second-order valence-corrected chi connectivity index (χ2v) is 6.99. The van der Waals surface area contributed by atoms with Crippen LogP contribution in [-0.2, 0) is 24.9 Å². The van der Waals surface area contributed by atoms with E-state index in [0.717, 1.165) is 30.2 Å². The molecule has 0 unspecified atom stereocenters. The van der Waals surface area contributed by atoms with Crippen molar-refractivity contribution in [1.29, 1.82) is 0 Å². The number of rotatable bonds is 5. The Balaban J connectivity index is 0.00000280. The summed E-state index contributed by atoms with van der Waals surface area (Å²) < 4.78 is 1.76. The number of benzene rings is 1. The molecule has 1 fully saturated rings. The van der Waals surface area contributed by atoms with Gasteiger partial charge in [-0.15, -0.1) is 24.0 Å². The number of piperazine rings is 1. The van der Waals surface area contributed by atoms with Crippen LogP contribution in [0.4, 0.5) is 0 Å². The molecule has 3 rings (SSSR count). The molecule has 7 nitrogen and oxygen atoms in total. The van der Waals surface area contributed by atoms with E-state index in [2.05, 4.69) is 15.4 Å². The van der Waals surface area contributed by atoms with Gasteiger partial charge >= 0.3 is 0 Å². The third-order valence-corrected chi connectivity index (χ3v) is 4.66. The summed E-state index contributed by atoms with van der Waals surface area (Å²) in [6, 6.07) is 7.63. The number of hydrogen-bond donors (Lipinski definition) is 1. The topological polar surface area (TPSA) is 65.8 Å². The number of carbonyl (C=O) groups excluding carboxylic acids is 1. The predicted octanol–water partition coefficient (Wildman–Crippen LogP) is 2.50. The minimum Gasteiger partial charge on any atom is -0.356 e. The highest BCUT2D eigenvalue weighted by atomic mass is 127. The lowest BCUT2D eigenvalue weighted by Gasteiger charge is -2.36.